The maximum Gasteiger partial charge on any atom is 0.125 e. The Morgan fingerprint density at radius 2 is 1.83 bits per heavy atom. The molecule has 0 radical (unpaired) electrons. The summed E-state index contributed by atoms with van der Waals surface area (Å²) in [5, 5.41) is 1.39. The van der Waals surface area contributed by atoms with Crippen LogP contribution in [0.25, 0.3) is 32.6 Å². The Balaban J connectivity index is 0.00000205. The van der Waals surface area contributed by atoms with Gasteiger partial charge in [0.1, 0.15) is 4.83 Å². The number of pyridine rings is 1. The minimum absolute atomic E-state index is 0. The van der Waals surface area contributed by atoms with Crippen molar-refractivity contribution in [3.63, 3.8) is 0 Å². The monoisotopic (exact) mass is 482 g/mol. The summed E-state index contributed by atoms with van der Waals surface area (Å²) in [6, 6.07) is 19.6. The number of nitrogens with zero attached hydrogens (tertiary/aromatic N) is 1. The van der Waals surface area contributed by atoms with E-state index in [9.17, 15) is 0 Å². The average Bonchev–Trinajstić information content (AvgIpc) is 3.05. The highest BCUT2D eigenvalue weighted by Crippen LogP contribution is 2.43. The van der Waals surface area contributed by atoms with E-state index < -0.39 is 0 Å². The van der Waals surface area contributed by atoms with Crippen LogP contribution in [0.5, 0.6) is 0 Å². The molecule has 0 fully saturated rings. The Bertz CT molecular complexity index is 1180. The second-order valence-electron chi connectivity index (χ2n) is 7.96. The zero-order valence-electron chi connectivity index (χ0n) is 16.5. The van der Waals surface area contributed by atoms with Crippen LogP contribution in [0.2, 0.25) is 0 Å². The third-order valence-corrected chi connectivity index (χ3v) is 7.41. The Kier molecular flexibility index (Phi) is 5.83. The minimum Gasteiger partial charge on any atom is -1.00 e. The molecule has 0 spiro atoms. The van der Waals surface area contributed by atoms with Crippen LogP contribution in [-0.4, -0.2) is 4.98 Å². The molecule has 0 saturated carbocycles. The lowest BCUT2D eigenvalue weighted by Gasteiger charge is -2.18. The molecule has 5 rings (SSSR count). The number of fused-ring (bicyclic) bond motifs is 3. The van der Waals surface area contributed by atoms with E-state index in [0.29, 0.717) is 0 Å². The van der Waals surface area contributed by atoms with E-state index in [4.69, 9.17) is 4.98 Å². The van der Waals surface area contributed by atoms with E-state index in [1.54, 1.807) is 10.4 Å². The second-order valence-corrected chi connectivity index (χ2v) is 9.96. The van der Waals surface area contributed by atoms with Crippen molar-refractivity contribution in [3.05, 3.63) is 75.1 Å². The second kappa shape index (κ2) is 8.22. The quantitative estimate of drug-likeness (QED) is 0.398. The molecule has 2 aromatic heterocycles. The number of rotatable bonds is 2. The minimum atomic E-state index is 0. The van der Waals surface area contributed by atoms with E-state index in [2.05, 4.69) is 84.4 Å². The Morgan fingerprint density at radius 3 is 2.59 bits per heavy atom. The summed E-state index contributed by atoms with van der Waals surface area (Å²) in [5.41, 5.74) is 7.69. The van der Waals surface area contributed by atoms with E-state index in [1.807, 2.05) is 11.3 Å². The molecule has 1 atom stereocenters. The van der Waals surface area contributed by atoms with E-state index >= 15 is 0 Å². The van der Waals surface area contributed by atoms with E-state index in [0.717, 1.165) is 16.1 Å². The van der Waals surface area contributed by atoms with Gasteiger partial charge in [0.25, 0.3) is 0 Å². The van der Waals surface area contributed by atoms with Crippen LogP contribution in [0.3, 0.4) is 0 Å². The van der Waals surface area contributed by atoms with Crippen molar-refractivity contribution in [2.45, 2.75) is 33.1 Å². The first-order valence-corrected chi connectivity index (χ1v) is 11.5. The molecule has 1 unspecified atom stereocenters. The SMILES string of the molecule is Cc1cccc(-c2cc(-c3ccc(Br)cc3)nc3sc4c(c23)CCC(C)C4)c1.[Cl-]. The molecule has 1 nitrogen and oxygen atoms in total. The third kappa shape index (κ3) is 3.88. The zero-order chi connectivity index (χ0) is 19.3. The zero-order valence-corrected chi connectivity index (χ0v) is 19.7. The standard InChI is InChI=1S/C25H22BrNS.ClH/c1-15-4-3-5-18(12-15)21-14-22(17-7-9-19(26)10-8-17)27-25-24(21)20-11-6-16(2)13-23(20)28-25;/h3-5,7-10,12,14,16H,6,11,13H2,1-2H3;1H/p-1. The molecule has 1 aliphatic rings. The van der Waals surface area contributed by atoms with Gasteiger partial charge < -0.3 is 12.4 Å². The predicted octanol–water partition coefficient (Wildman–Crippen LogP) is 4.83. The first-order valence-electron chi connectivity index (χ1n) is 9.87. The molecule has 0 saturated heterocycles. The molecule has 0 bridgehead atoms. The molecule has 0 aliphatic heterocycles. The van der Waals surface area contributed by atoms with Gasteiger partial charge in [0.15, 0.2) is 0 Å². The van der Waals surface area contributed by atoms with Gasteiger partial charge in [0.05, 0.1) is 5.69 Å². The summed E-state index contributed by atoms with van der Waals surface area (Å²) >= 11 is 5.45. The van der Waals surface area contributed by atoms with Crippen LogP contribution in [-0.2, 0) is 12.8 Å². The van der Waals surface area contributed by atoms with Gasteiger partial charge in [-0.25, -0.2) is 4.98 Å². The lowest BCUT2D eigenvalue weighted by atomic mass is 9.87. The molecule has 1 aliphatic carbocycles. The Hall–Kier alpha value is -1.68. The summed E-state index contributed by atoms with van der Waals surface area (Å²) in [6.07, 6.45) is 3.65. The maximum absolute atomic E-state index is 5.12. The highest BCUT2D eigenvalue weighted by atomic mass is 79.9. The molecule has 2 aromatic carbocycles. The molecule has 4 heteroatoms. The number of hydrogen-bond donors (Lipinski definition) is 0. The fourth-order valence-electron chi connectivity index (χ4n) is 4.25. The van der Waals surface area contributed by atoms with Gasteiger partial charge in [0, 0.05) is 20.3 Å². The number of aryl methyl sites for hydroxylation is 2. The summed E-state index contributed by atoms with van der Waals surface area (Å²) in [5.74, 6) is 0.772. The van der Waals surface area contributed by atoms with Crippen LogP contribution < -0.4 is 12.4 Å². The largest absolute Gasteiger partial charge is 1.00 e. The molecule has 0 amide bonds. The molecule has 2 heterocycles. The summed E-state index contributed by atoms with van der Waals surface area (Å²) < 4.78 is 1.09. The van der Waals surface area contributed by atoms with Gasteiger partial charge >= 0.3 is 0 Å². The van der Waals surface area contributed by atoms with Crippen molar-refractivity contribution in [2.24, 2.45) is 5.92 Å². The fraction of sp³-hybridized carbons (Fsp3) is 0.240. The highest BCUT2D eigenvalue weighted by Gasteiger charge is 2.23. The summed E-state index contributed by atoms with van der Waals surface area (Å²) in [6.45, 7) is 4.54. The van der Waals surface area contributed by atoms with Crippen LogP contribution in [0.1, 0.15) is 29.3 Å². The van der Waals surface area contributed by atoms with Crippen molar-refractivity contribution in [1.29, 1.82) is 0 Å². The van der Waals surface area contributed by atoms with Gasteiger partial charge in [-0.15, -0.1) is 11.3 Å². The molecule has 29 heavy (non-hydrogen) atoms. The third-order valence-electron chi connectivity index (χ3n) is 5.73. The molecular weight excluding hydrogens is 462 g/mol. The van der Waals surface area contributed by atoms with Crippen molar-refractivity contribution in [2.75, 3.05) is 0 Å². The van der Waals surface area contributed by atoms with Crippen LogP contribution in [0.4, 0.5) is 0 Å². The smallest absolute Gasteiger partial charge is 0.125 e. The van der Waals surface area contributed by atoms with Crippen molar-refractivity contribution in [1.82, 2.24) is 4.98 Å². The van der Waals surface area contributed by atoms with Crippen LogP contribution >= 0.6 is 27.3 Å². The van der Waals surface area contributed by atoms with Gasteiger partial charge in [0.2, 0.25) is 0 Å². The van der Waals surface area contributed by atoms with Crippen molar-refractivity contribution >= 4 is 37.5 Å². The summed E-state index contributed by atoms with van der Waals surface area (Å²) in [4.78, 5) is 7.85. The van der Waals surface area contributed by atoms with Crippen molar-refractivity contribution in [3.8, 4) is 22.4 Å². The lowest BCUT2D eigenvalue weighted by Crippen LogP contribution is -3.00. The van der Waals surface area contributed by atoms with Gasteiger partial charge in [-0.2, -0.15) is 0 Å². The van der Waals surface area contributed by atoms with Gasteiger partial charge in [-0.05, 0) is 67.0 Å². The number of thiophene rings is 1. The van der Waals surface area contributed by atoms with Crippen molar-refractivity contribution < 1.29 is 12.4 Å². The number of halogens is 2. The Morgan fingerprint density at radius 1 is 1.03 bits per heavy atom. The first-order chi connectivity index (χ1) is 13.6. The normalized spacial score (nSPS) is 15.8. The van der Waals surface area contributed by atoms with Gasteiger partial charge in [-0.1, -0.05) is 64.8 Å². The highest BCUT2D eigenvalue weighted by molar-refractivity contribution is 9.10. The molecular formula is C25H22BrClNS-. The fourth-order valence-corrected chi connectivity index (χ4v) is 5.92. The Labute approximate surface area is 190 Å². The topological polar surface area (TPSA) is 12.9 Å². The molecule has 0 N–H and O–H groups in total. The van der Waals surface area contributed by atoms with E-state index in [-0.39, 0.29) is 12.4 Å². The maximum atomic E-state index is 5.12. The van der Waals surface area contributed by atoms with E-state index in [1.165, 1.54) is 51.7 Å². The summed E-state index contributed by atoms with van der Waals surface area (Å²) in [7, 11) is 0. The average molecular weight is 484 g/mol. The number of benzene rings is 2. The lowest BCUT2D eigenvalue weighted by molar-refractivity contribution is -0.00000549. The predicted molar refractivity (Wildman–Crippen MR) is 124 cm³/mol. The number of hydrogen-bond acceptors (Lipinski definition) is 2. The first kappa shape index (κ1) is 20.6. The molecule has 4 aromatic rings. The van der Waals surface area contributed by atoms with Gasteiger partial charge in [-0.3, -0.25) is 0 Å². The van der Waals surface area contributed by atoms with Crippen LogP contribution in [0, 0.1) is 12.8 Å². The van der Waals surface area contributed by atoms with Crippen LogP contribution in [0.15, 0.2) is 59.1 Å². The molecule has 148 valence electrons. The number of aromatic nitrogens is 1.